The summed E-state index contributed by atoms with van der Waals surface area (Å²) in [4.78, 5) is 43.5. The summed E-state index contributed by atoms with van der Waals surface area (Å²) in [5, 5.41) is 14.7. The van der Waals surface area contributed by atoms with E-state index in [1.807, 2.05) is 0 Å². The highest BCUT2D eigenvalue weighted by atomic mass is 16.6. The lowest BCUT2D eigenvalue weighted by atomic mass is 9.81. The van der Waals surface area contributed by atoms with Gasteiger partial charge in [-0.1, -0.05) is 0 Å². The van der Waals surface area contributed by atoms with Crippen LogP contribution in [-0.2, 0) is 25.6 Å². The summed E-state index contributed by atoms with van der Waals surface area (Å²) >= 11 is 0. The molecule has 0 spiro atoms. The smallest absolute Gasteiger partial charge is 0.339 e. The molecule has 322 valence electrons. The zero-order valence-electron chi connectivity index (χ0n) is 38.2. The van der Waals surface area contributed by atoms with Crippen LogP contribution in [0.5, 0.6) is 0 Å². The molecule has 1 aromatic carbocycles. The maximum absolute atomic E-state index is 14.5. The summed E-state index contributed by atoms with van der Waals surface area (Å²) in [6, 6.07) is 3.12. The topological polar surface area (TPSA) is 136 Å². The summed E-state index contributed by atoms with van der Waals surface area (Å²) in [6.45, 7) is 33.9. The van der Waals surface area contributed by atoms with Gasteiger partial charge in [0.2, 0.25) is 0 Å². The Bertz CT molecular complexity index is 1630. The average molecular weight is 797 g/mol. The average Bonchev–Trinajstić information content (AvgIpc) is 2.93. The van der Waals surface area contributed by atoms with Gasteiger partial charge >= 0.3 is 17.9 Å². The number of rotatable bonds is 9. The van der Waals surface area contributed by atoms with Crippen LogP contribution in [-0.4, -0.2) is 86.6 Å². The van der Waals surface area contributed by atoms with Crippen LogP contribution in [0.15, 0.2) is 12.1 Å². The predicted molar refractivity (Wildman–Crippen MR) is 225 cm³/mol. The molecule has 0 amide bonds. The summed E-state index contributed by atoms with van der Waals surface area (Å²) in [6.07, 6.45) is 3.87. The van der Waals surface area contributed by atoms with Crippen molar-refractivity contribution >= 4 is 17.9 Å². The Morgan fingerprint density at radius 3 is 0.965 bits per heavy atom. The van der Waals surface area contributed by atoms with E-state index in [9.17, 15) is 14.4 Å². The molecule has 4 N–H and O–H groups in total. The van der Waals surface area contributed by atoms with Gasteiger partial charge in [0, 0.05) is 82.8 Å². The van der Waals surface area contributed by atoms with Crippen molar-refractivity contribution in [3.8, 4) is 0 Å². The van der Waals surface area contributed by atoms with Crippen LogP contribution in [0.1, 0.15) is 199 Å². The SMILES string of the molecule is CC1(C)CC(OCc2cc(C(=O)OC3CC(C)(C)NC(C)(C)C3)c(C(=O)OC3CC(C)(C)NC(C)(C)C3)cc2C(=O)OC2CC(C)(C)NC(C)(C)C2)CC(C)(C)N1. The molecule has 4 saturated heterocycles. The lowest BCUT2D eigenvalue weighted by Crippen LogP contribution is -2.60. The molecule has 4 aliphatic heterocycles. The zero-order chi connectivity index (χ0) is 42.8. The number of hydrogen-bond donors (Lipinski definition) is 4. The lowest BCUT2D eigenvalue weighted by molar-refractivity contribution is -0.0315. The van der Waals surface area contributed by atoms with Crippen molar-refractivity contribution in [2.24, 2.45) is 0 Å². The fraction of sp³-hybridized carbons (Fsp3) is 0.804. The summed E-state index contributed by atoms with van der Waals surface area (Å²) in [7, 11) is 0. The van der Waals surface area contributed by atoms with Crippen molar-refractivity contribution in [1.29, 1.82) is 0 Å². The number of carbonyl (C=O) groups is 3. The number of esters is 3. The standard InChI is InChI=1S/C46H76N4O7/c1-39(2)19-29(20-40(3,4)47-39)54-27-28-17-34(37(52)56-31-23-43(9,10)49-44(11,12)24-31)35(38(53)57-32-25-45(13,14)50-46(15,16)26-32)18-33(28)36(51)55-30-21-41(5,6)48-42(7,8)22-30/h17-18,29-32,47-50H,19-27H2,1-16H3. The van der Waals surface area contributed by atoms with E-state index < -0.39 is 30.1 Å². The first kappa shape index (κ1) is 45.5. The van der Waals surface area contributed by atoms with Gasteiger partial charge in [-0.25, -0.2) is 14.4 Å². The summed E-state index contributed by atoms with van der Waals surface area (Å²) < 4.78 is 25.6. The Labute approximate surface area is 343 Å². The molecule has 4 aliphatic rings. The van der Waals surface area contributed by atoms with Crippen molar-refractivity contribution < 1.29 is 33.3 Å². The van der Waals surface area contributed by atoms with Gasteiger partial charge in [0.05, 0.1) is 29.4 Å². The molecule has 0 saturated carbocycles. The number of ether oxygens (including phenoxy) is 4. The molecule has 4 fully saturated rings. The predicted octanol–water partition coefficient (Wildman–Crippen LogP) is 7.91. The zero-order valence-corrected chi connectivity index (χ0v) is 38.2. The lowest BCUT2D eigenvalue weighted by Gasteiger charge is -2.46. The van der Waals surface area contributed by atoms with E-state index in [0.29, 0.717) is 44.1 Å². The fourth-order valence-corrected chi connectivity index (χ4v) is 11.4. The Kier molecular flexibility index (Phi) is 12.4. The third kappa shape index (κ3) is 12.5. The van der Waals surface area contributed by atoms with Crippen LogP contribution >= 0.6 is 0 Å². The first-order valence-electron chi connectivity index (χ1n) is 21.3. The minimum Gasteiger partial charge on any atom is -0.459 e. The van der Waals surface area contributed by atoms with Crippen LogP contribution in [0, 0.1) is 0 Å². The second-order valence-corrected chi connectivity index (χ2v) is 23.3. The Hall–Kier alpha value is -2.57. The number of carbonyl (C=O) groups excluding carboxylic acids is 3. The molecule has 5 rings (SSSR count). The first-order chi connectivity index (χ1) is 25.7. The molecular weight excluding hydrogens is 721 g/mol. The third-order valence-corrected chi connectivity index (χ3v) is 11.8. The van der Waals surface area contributed by atoms with Crippen molar-refractivity contribution in [2.75, 3.05) is 0 Å². The van der Waals surface area contributed by atoms with Gasteiger partial charge in [0.25, 0.3) is 0 Å². The summed E-state index contributed by atoms with van der Waals surface area (Å²) in [5.74, 6) is -1.85. The molecule has 4 heterocycles. The molecule has 11 nitrogen and oxygen atoms in total. The normalized spacial score (nSPS) is 26.6. The van der Waals surface area contributed by atoms with Crippen LogP contribution in [0.3, 0.4) is 0 Å². The molecule has 0 unspecified atom stereocenters. The largest absolute Gasteiger partial charge is 0.459 e. The molecule has 0 bridgehead atoms. The van der Waals surface area contributed by atoms with Crippen molar-refractivity contribution in [2.45, 2.75) is 237 Å². The van der Waals surface area contributed by atoms with Crippen molar-refractivity contribution in [1.82, 2.24) is 21.3 Å². The minimum atomic E-state index is -0.668. The second-order valence-electron chi connectivity index (χ2n) is 23.3. The number of nitrogens with one attached hydrogen (secondary N) is 4. The highest BCUT2D eigenvalue weighted by molar-refractivity contribution is 6.06. The maximum atomic E-state index is 14.5. The van der Waals surface area contributed by atoms with Crippen molar-refractivity contribution in [3.05, 3.63) is 34.4 Å². The van der Waals surface area contributed by atoms with Gasteiger partial charge in [0.15, 0.2) is 0 Å². The van der Waals surface area contributed by atoms with Crippen LogP contribution in [0.2, 0.25) is 0 Å². The van der Waals surface area contributed by atoms with Crippen LogP contribution in [0.4, 0.5) is 0 Å². The van der Waals surface area contributed by atoms with E-state index in [1.54, 1.807) is 6.07 Å². The van der Waals surface area contributed by atoms with E-state index in [0.717, 1.165) is 12.8 Å². The quantitative estimate of drug-likeness (QED) is 0.143. The Morgan fingerprint density at radius 1 is 0.421 bits per heavy atom. The minimum absolute atomic E-state index is 0.00703. The Morgan fingerprint density at radius 2 is 0.667 bits per heavy atom. The third-order valence-electron chi connectivity index (χ3n) is 11.8. The number of hydrogen-bond acceptors (Lipinski definition) is 11. The van der Waals surface area contributed by atoms with E-state index >= 15 is 0 Å². The number of piperidine rings is 4. The van der Waals surface area contributed by atoms with Gasteiger partial charge in [-0.3, -0.25) is 0 Å². The van der Waals surface area contributed by atoms with E-state index in [-0.39, 0.29) is 79.8 Å². The monoisotopic (exact) mass is 797 g/mol. The van der Waals surface area contributed by atoms with Gasteiger partial charge in [0.1, 0.15) is 18.3 Å². The maximum Gasteiger partial charge on any atom is 0.339 e. The van der Waals surface area contributed by atoms with Gasteiger partial charge in [-0.15, -0.1) is 0 Å². The van der Waals surface area contributed by atoms with Crippen LogP contribution < -0.4 is 21.3 Å². The van der Waals surface area contributed by atoms with Gasteiger partial charge in [-0.05, 0) is 141 Å². The van der Waals surface area contributed by atoms with Crippen molar-refractivity contribution in [3.63, 3.8) is 0 Å². The number of benzene rings is 1. The molecule has 0 atom stereocenters. The first-order valence-corrected chi connectivity index (χ1v) is 21.3. The molecule has 0 radical (unpaired) electrons. The highest BCUT2D eigenvalue weighted by Gasteiger charge is 2.44. The molecule has 0 aliphatic carbocycles. The molecule has 1 aromatic rings. The molecule has 57 heavy (non-hydrogen) atoms. The van der Waals surface area contributed by atoms with Crippen LogP contribution in [0.25, 0.3) is 0 Å². The van der Waals surface area contributed by atoms with E-state index in [4.69, 9.17) is 18.9 Å². The molecule has 11 heteroatoms. The molecule has 0 aromatic heterocycles. The van der Waals surface area contributed by atoms with Gasteiger partial charge < -0.3 is 40.2 Å². The summed E-state index contributed by atoms with van der Waals surface area (Å²) in [5.41, 5.74) is -1.25. The molecular formula is C46H76N4O7. The Balaban J connectivity index is 1.56. The van der Waals surface area contributed by atoms with E-state index in [2.05, 4.69) is 132 Å². The second kappa shape index (κ2) is 15.5. The van der Waals surface area contributed by atoms with Gasteiger partial charge in [-0.2, -0.15) is 0 Å². The fourth-order valence-electron chi connectivity index (χ4n) is 11.4. The van der Waals surface area contributed by atoms with E-state index in [1.165, 1.54) is 6.07 Å². The highest BCUT2D eigenvalue weighted by Crippen LogP contribution is 2.36.